The smallest absolute Gasteiger partial charge is 0.159 e. The highest BCUT2D eigenvalue weighted by Crippen LogP contribution is 2.40. The van der Waals surface area contributed by atoms with E-state index < -0.39 is 0 Å². The van der Waals surface area contributed by atoms with Crippen LogP contribution in [-0.2, 0) is 0 Å². The fraction of sp³-hybridized carbons (Fsp3) is 0.381. The fourth-order valence-corrected chi connectivity index (χ4v) is 5.15. The second kappa shape index (κ2) is 6.94. The van der Waals surface area contributed by atoms with Crippen LogP contribution in [0.1, 0.15) is 22.8 Å². The molecule has 2 atom stereocenters. The lowest BCUT2D eigenvalue weighted by atomic mass is 9.97. The third-order valence-corrected chi connectivity index (χ3v) is 6.74. The first-order valence-corrected chi connectivity index (χ1v) is 9.80. The molecule has 3 aliphatic rings. The van der Waals surface area contributed by atoms with E-state index in [0.29, 0.717) is 11.3 Å². The molecule has 4 heteroatoms. The van der Waals surface area contributed by atoms with E-state index in [1.54, 1.807) is 6.92 Å². The van der Waals surface area contributed by atoms with Crippen LogP contribution in [-0.4, -0.2) is 60.1 Å². The molecule has 0 N–H and O–H groups in total. The number of allylic oxidation sites excluding steroid dienone is 3. The Kier molecular flexibility index (Phi) is 4.67. The normalized spacial score (nSPS) is 26.6. The number of piperazine rings is 1. The number of hydrogen-bond acceptors (Lipinski definition) is 4. The number of likely N-dealkylation sites (N-methyl/N-ethyl adjacent to an activating group) is 1. The standard InChI is InChI=1S/C21H24N2OS/c1-15(24)18-9-7-16-6-8-17-4-3-5-19(21(17)25-20(16)14-18)23-12-10-22(2)11-13-23/h3-9,14,19,21H,10-13H2,1-2H3. The summed E-state index contributed by atoms with van der Waals surface area (Å²) in [5, 5.41) is 0.383. The maximum Gasteiger partial charge on any atom is 0.159 e. The lowest BCUT2D eigenvalue weighted by molar-refractivity contribution is 0.101. The van der Waals surface area contributed by atoms with Gasteiger partial charge in [-0.05, 0) is 31.2 Å². The predicted octanol–water partition coefficient (Wildman–Crippen LogP) is 3.49. The Bertz CT molecular complexity index is 772. The van der Waals surface area contributed by atoms with Crippen LogP contribution < -0.4 is 0 Å². The van der Waals surface area contributed by atoms with E-state index in [1.165, 1.54) is 16.0 Å². The number of thioether (sulfide) groups is 1. The Morgan fingerprint density at radius 1 is 1.16 bits per heavy atom. The Balaban J connectivity index is 1.64. The fourth-order valence-electron chi connectivity index (χ4n) is 3.71. The summed E-state index contributed by atoms with van der Waals surface area (Å²) < 4.78 is 0. The lowest BCUT2D eigenvalue weighted by Crippen LogP contribution is -2.52. The topological polar surface area (TPSA) is 23.6 Å². The first-order chi connectivity index (χ1) is 12.1. The van der Waals surface area contributed by atoms with Crippen LogP contribution >= 0.6 is 11.8 Å². The maximum absolute atomic E-state index is 11.8. The summed E-state index contributed by atoms with van der Waals surface area (Å²) in [5.74, 6) is 0.131. The van der Waals surface area contributed by atoms with Crippen LogP contribution in [0.4, 0.5) is 0 Å². The van der Waals surface area contributed by atoms with Gasteiger partial charge in [0.25, 0.3) is 0 Å². The van der Waals surface area contributed by atoms with Gasteiger partial charge in [-0.2, -0.15) is 0 Å². The molecule has 1 aromatic carbocycles. The van der Waals surface area contributed by atoms with E-state index in [-0.39, 0.29) is 5.78 Å². The highest BCUT2D eigenvalue weighted by molar-refractivity contribution is 8.00. The van der Waals surface area contributed by atoms with E-state index in [0.717, 1.165) is 31.7 Å². The largest absolute Gasteiger partial charge is 0.304 e. The molecule has 3 nitrogen and oxygen atoms in total. The average Bonchev–Trinajstić information content (AvgIpc) is 2.80. The van der Waals surface area contributed by atoms with Crippen molar-refractivity contribution in [2.45, 2.75) is 23.1 Å². The van der Waals surface area contributed by atoms with Crippen LogP contribution in [0.15, 0.2) is 53.0 Å². The second-order valence-electron chi connectivity index (χ2n) is 7.06. The monoisotopic (exact) mass is 352 g/mol. The second-order valence-corrected chi connectivity index (χ2v) is 8.25. The SMILES string of the molecule is CC(=O)c1ccc2c(c1)SC1C(=CC=CC1N1CCN(C)CC1)C=C2. The Hall–Kier alpha value is -1.62. The quantitative estimate of drug-likeness (QED) is 0.760. The zero-order chi connectivity index (χ0) is 17.4. The Labute approximate surface area is 154 Å². The van der Waals surface area contributed by atoms with Crippen molar-refractivity contribution in [1.29, 1.82) is 0 Å². The van der Waals surface area contributed by atoms with Gasteiger partial charge < -0.3 is 4.90 Å². The lowest BCUT2D eigenvalue weighted by Gasteiger charge is -2.41. The van der Waals surface area contributed by atoms with Gasteiger partial charge in [-0.1, -0.05) is 42.5 Å². The summed E-state index contributed by atoms with van der Waals surface area (Å²) in [4.78, 5) is 18.0. The summed E-state index contributed by atoms with van der Waals surface area (Å²) in [7, 11) is 2.20. The summed E-state index contributed by atoms with van der Waals surface area (Å²) >= 11 is 1.91. The highest BCUT2D eigenvalue weighted by atomic mass is 32.2. The van der Waals surface area contributed by atoms with Crippen molar-refractivity contribution in [1.82, 2.24) is 9.80 Å². The predicted molar refractivity (Wildman–Crippen MR) is 105 cm³/mol. The van der Waals surface area contributed by atoms with Gasteiger partial charge in [-0.15, -0.1) is 11.8 Å². The van der Waals surface area contributed by atoms with Crippen molar-refractivity contribution in [3.8, 4) is 0 Å². The number of hydrogen-bond donors (Lipinski definition) is 0. The first kappa shape index (κ1) is 16.8. The molecular weight excluding hydrogens is 328 g/mol. The molecular formula is C21H24N2OS. The number of carbonyl (C=O) groups is 1. The van der Waals surface area contributed by atoms with Crippen molar-refractivity contribution in [3.63, 3.8) is 0 Å². The first-order valence-electron chi connectivity index (χ1n) is 8.92. The number of ketones is 1. The Morgan fingerprint density at radius 2 is 1.96 bits per heavy atom. The van der Waals surface area contributed by atoms with E-state index in [9.17, 15) is 4.79 Å². The molecule has 1 aromatic rings. The van der Waals surface area contributed by atoms with Gasteiger partial charge in [0.1, 0.15) is 0 Å². The highest BCUT2D eigenvalue weighted by Gasteiger charge is 2.32. The molecule has 0 bridgehead atoms. The summed E-state index contributed by atoms with van der Waals surface area (Å²) in [6, 6.07) is 6.49. The van der Waals surface area contributed by atoms with E-state index in [2.05, 4.69) is 59.4 Å². The molecule has 2 unspecified atom stereocenters. The van der Waals surface area contributed by atoms with Crippen LogP contribution in [0.2, 0.25) is 0 Å². The third kappa shape index (κ3) is 3.39. The van der Waals surface area contributed by atoms with Crippen LogP contribution in [0.5, 0.6) is 0 Å². The van der Waals surface area contributed by atoms with Gasteiger partial charge in [-0.3, -0.25) is 9.69 Å². The van der Waals surface area contributed by atoms with E-state index >= 15 is 0 Å². The van der Waals surface area contributed by atoms with Crippen molar-refractivity contribution < 1.29 is 4.79 Å². The van der Waals surface area contributed by atoms with Gasteiger partial charge in [0, 0.05) is 42.7 Å². The minimum absolute atomic E-state index is 0.131. The summed E-state index contributed by atoms with van der Waals surface area (Å²) in [6.07, 6.45) is 11.2. The zero-order valence-corrected chi connectivity index (χ0v) is 15.6. The molecule has 4 rings (SSSR count). The molecule has 1 saturated heterocycles. The van der Waals surface area contributed by atoms with Crippen molar-refractivity contribution in [2.24, 2.45) is 0 Å². The van der Waals surface area contributed by atoms with Gasteiger partial charge in [0.15, 0.2) is 5.78 Å². The number of Topliss-reactive ketones (excluding diaryl/α,β-unsaturated/α-hetero) is 1. The zero-order valence-electron chi connectivity index (χ0n) is 14.8. The van der Waals surface area contributed by atoms with E-state index in [4.69, 9.17) is 0 Å². The number of fused-ring (bicyclic) bond motifs is 2. The average molecular weight is 353 g/mol. The molecule has 0 aromatic heterocycles. The van der Waals surface area contributed by atoms with Gasteiger partial charge in [0.05, 0.1) is 5.25 Å². The molecule has 0 saturated carbocycles. The molecule has 2 aliphatic heterocycles. The molecule has 0 amide bonds. The molecule has 0 spiro atoms. The number of carbonyl (C=O) groups excluding carboxylic acids is 1. The summed E-state index contributed by atoms with van der Waals surface area (Å²) in [5.41, 5.74) is 3.38. The molecule has 1 fully saturated rings. The number of nitrogens with zero attached hydrogens (tertiary/aromatic N) is 2. The third-order valence-electron chi connectivity index (χ3n) is 5.32. The van der Waals surface area contributed by atoms with Crippen molar-refractivity contribution in [2.75, 3.05) is 33.2 Å². The molecule has 25 heavy (non-hydrogen) atoms. The van der Waals surface area contributed by atoms with Crippen LogP contribution in [0, 0.1) is 0 Å². The minimum atomic E-state index is 0.131. The number of rotatable bonds is 2. The molecule has 1 aliphatic carbocycles. The van der Waals surface area contributed by atoms with Crippen LogP contribution in [0.3, 0.4) is 0 Å². The summed E-state index contributed by atoms with van der Waals surface area (Å²) in [6.45, 7) is 6.11. The molecule has 2 heterocycles. The van der Waals surface area contributed by atoms with E-state index in [1.807, 2.05) is 17.8 Å². The minimum Gasteiger partial charge on any atom is -0.304 e. The molecule has 0 radical (unpaired) electrons. The molecule has 130 valence electrons. The maximum atomic E-state index is 11.8. The van der Waals surface area contributed by atoms with Crippen molar-refractivity contribution in [3.05, 3.63) is 59.2 Å². The number of benzene rings is 1. The Morgan fingerprint density at radius 3 is 2.72 bits per heavy atom. The van der Waals surface area contributed by atoms with Gasteiger partial charge in [0.2, 0.25) is 0 Å². The van der Waals surface area contributed by atoms with Crippen LogP contribution in [0.25, 0.3) is 6.08 Å². The van der Waals surface area contributed by atoms with Gasteiger partial charge >= 0.3 is 0 Å². The van der Waals surface area contributed by atoms with Gasteiger partial charge in [-0.25, -0.2) is 0 Å². The van der Waals surface area contributed by atoms with Crippen molar-refractivity contribution >= 4 is 23.6 Å².